The molecule has 0 saturated carbocycles. The number of imidazole rings is 1. The Bertz CT molecular complexity index is 717. The Morgan fingerprint density at radius 1 is 1.11 bits per heavy atom. The molecule has 3 heterocycles. The molecule has 4 rings (SSSR count). The summed E-state index contributed by atoms with van der Waals surface area (Å²) in [4.78, 5) is 7.67. The van der Waals surface area contributed by atoms with Crippen LogP contribution in [0.3, 0.4) is 0 Å². The van der Waals surface area contributed by atoms with E-state index in [1.54, 1.807) is 0 Å². The third-order valence-corrected chi connectivity index (χ3v) is 3.01. The minimum atomic E-state index is 0.567. The number of nitrogens with one attached hydrogen (secondary N) is 1. The van der Waals surface area contributed by atoms with Crippen molar-refractivity contribution in [3.05, 3.63) is 23.9 Å². The predicted octanol–water partition coefficient (Wildman–Crippen LogP) is 2.30. The van der Waals surface area contributed by atoms with Crippen LogP contribution in [0.25, 0.3) is 22.6 Å². The van der Waals surface area contributed by atoms with Gasteiger partial charge in [0.15, 0.2) is 17.3 Å². The van der Waals surface area contributed by atoms with Gasteiger partial charge < -0.3 is 19.0 Å². The SMILES string of the molecule is Cc1cc(-c2nc3cc4c(cc3[nH]2)OCCO4)on1. The molecule has 0 spiro atoms. The van der Waals surface area contributed by atoms with Gasteiger partial charge in [0.05, 0.1) is 16.7 Å². The number of rotatable bonds is 1. The van der Waals surface area contributed by atoms with Gasteiger partial charge in [0.2, 0.25) is 5.76 Å². The molecule has 0 atom stereocenters. The number of ether oxygens (including phenoxy) is 2. The summed E-state index contributed by atoms with van der Waals surface area (Å²) in [7, 11) is 0. The normalized spacial score (nSPS) is 13.9. The molecule has 0 fully saturated rings. The molecule has 0 aliphatic carbocycles. The molecule has 0 amide bonds. The molecule has 19 heavy (non-hydrogen) atoms. The lowest BCUT2D eigenvalue weighted by Gasteiger charge is -2.17. The Hall–Kier alpha value is -2.50. The molecule has 1 N–H and O–H groups in total. The van der Waals surface area contributed by atoms with Crippen LogP contribution in [0, 0.1) is 6.92 Å². The van der Waals surface area contributed by atoms with E-state index in [0.717, 1.165) is 28.2 Å². The maximum atomic E-state index is 5.54. The smallest absolute Gasteiger partial charge is 0.202 e. The first kappa shape index (κ1) is 10.4. The van der Waals surface area contributed by atoms with Crippen LogP contribution in [0.15, 0.2) is 22.7 Å². The van der Waals surface area contributed by atoms with Gasteiger partial charge in [0.25, 0.3) is 0 Å². The van der Waals surface area contributed by atoms with Crippen molar-refractivity contribution in [2.24, 2.45) is 0 Å². The summed E-state index contributed by atoms with van der Waals surface area (Å²) < 4.78 is 16.3. The highest BCUT2D eigenvalue weighted by molar-refractivity contribution is 5.82. The molecular formula is C13H11N3O3. The lowest BCUT2D eigenvalue weighted by molar-refractivity contribution is 0.172. The van der Waals surface area contributed by atoms with Crippen LogP contribution in [0.4, 0.5) is 0 Å². The zero-order valence-electron chi connectivity index (χ0n) is 10.3. The second kappa shape index (κ2) is 3.74. The van der Waals surface area contributed by atoms with Crippen molar-refractivity contribution in [2.75, 3.05) is 13.2 Å². The molecule has 6 nitrogen and oxygen atoms in total. The quantitative estimate of drug-likeness (QED) is 0.724. The molecule has 0 bridgehead atoms. The summed E-state index contributed by atoms with van der Waals surface area (Å²) >= 11 is 0. The highest BCUT2D eigenvalue weighted by Gasteiger charge is 2.16. The average Bonchev–Trinajstić information content (AvgIpc) is 3.01. The van der Waals surface area contributed by atoms with Crippen LogP contribution in [-0.4, -0.2) is 28.3 Å². The van der Waals surface area contributed by atoms with Crippen molar-refractivity contribution in [3.63, 3.8) is 0 Å². The third kappa shape index (κ3) is 1.64. The van der Waals surface area contributed by atoms with Crippen LogP contribution in [0.2, 0.25) is 0 Å². The number of H-pyrrole nitrogens is 1. The van der Waals surface area contributed by atoms with Crippen LogP contribution in [0.1, 0.15) is 5.69 Å². The summed E-state index contributed by atoms with van der Waals surface area (Å²) in [6.07, 6.45) is 0. The first-order valence-electron chi connectivity index (χ1n) is 6.03. The highest BCUT2D eigenvalue weighted by Crippen LogP contribution is 2.34. The van der Waals surface area contributed by atoms with Gasteiger partial charge in [-0.1, -0.05) is 5.16 Å². The van der Waals surface area contributed by atoms with Gasteiger partial charge in [-0.05, 0) is 6.92 Å². The molecule has 0 radical (unpaired) electrons. The summed E-state index contributed by atoms with van der Waals surface area (Å²) in [6.45, 7) is 3.01. The predicted molar refractivity (Wildman–Crippen MR) is 67.3 cm³/mol. The van der Waals surface area contributed by atoms with E-state index in [1.807, 2.05) is 25.1 Å². The Kier molecular flexibility index (Phi) is 2.05. The molecular weight excluding hydrogens is 246 g/mol. The molecule has 0 unspecified atom stereocenters. The standard InChI is InChI=1S/C13H11N3O3/c1-7-4-12(19-16-7)13-14-8-5-10-11(6-9(8)15-13)18-3-2-17-10/h4-6H,2-3H2,1H3,(H,14,15). The maximum Gasteiger partial charge on any atom is 0.202 e. The maximum absolute atomic E-state index is 5.54. The number of hydrogen-bond donors (Lipinski definition) is 1. The largest absolute Gasteiger partial charge is 0.486 e. The van der Waals surface area contributed by atoms with E-state index >= 15 is 0 Å². The minimum Gasteiger partial charge on any atom is -0.486 e. The van der Waals surface area contributed by atoms with Crippen LogP contribution in [-0.2, 0) is 0 Å². The summed E-state index contributed by atoms with van der Waals surface area (Å²) in [5.41, 5.74) is 2.52. The second-order valence-corrected chi connectivity index (χ2v) is 4.43. The zero-order valence-corrected chi connectivity index (χ0v) is 10.3. The topological polar surface area (TPSA) is 73.2 Å². The fourth-order valence-electron chi connectivity index (χ4n) is 2.14. The fraction of sp³-hybridized carbons (Fsp3) is 0.231. The van der Waals surface area contributed by atoms with Crippen LogP contribution < -0.4 is 9.47 Å². The Morgan fingerprint density at radius 2 is 1.89 bits per heavy atom. The van der Waals surface area contributed by atoms with Gasteiger partial charge in [-0.25, -0.2) is 4.98 Å². The zero-order chi connectivity index (χ0) is 12.8. The number of benzene rings is 1. The molecule has 1 aliphatic rings. The average molecular weight is 257 g/mol. The van der Waals surface area contributed by atoms with Gasteiger partial charge in [0, 0.05) is 18.2 Å². The monoisotopic (exact) mass is 257 g/mol. The number of aryl methyl sites for hydroxylation is 1. The third-order valence-electron chi connectivity index (χ3n) is 3.01. The lowest BCUT2D eigenvalue weighted by Crippen LogP contribution is -2.15. The molecule has 3 aromatic rings. The minimum absolute atomic E-state index is 0.567. The molecule has 1 aromatic carbocycles. The lowest BCUT2D eigenvalue weighted by atomic mass is 10.2. The molecule has 6 heteroatoms. The number of aromatic nitrogens is 3. The van der Waals surface area contributed by atoms with E-state index < -0.39 is 0 Å². The Morgan fingerprint density at radius 3 is 2.63 bits per heavy atom. The number of nitrogens with zero attached hydrogens (tertiary/aromatic N) is 2. The molecule has 96 valence electrons. The van der Waals surface area contributed by atoms with Crippen molar-refractivity contribution in [1.29, 1.82) is 0 Å². The van der Waals surface area contributed by atoms with Crippen molar-refractivity contribution >= 4 is 11.0 Å². The van der Waals surface area contributed by atoms with Gasteiger partial charge in [-0.15, -0.1) is 0 Å². The van der Waals surface area contributed by atoms with Crippen molar-refractivity contribution in [3.8, 4) is 23.1 Å². The highest BCUT2D eigenvalue weighted by atomic mass is 16.6. The van der Waals surface area contributed by atoms with E-state index in [4.69, 9.17) is 14.0 Å². The summed E-state index contributed by atoms with van der Waals surface area (Å²) in [6, 6.07) is 5.60. The van der Waals surface area contributed by atoms with E-state index in [2.05, 4.69) is 15.1 Å². The van der Waals surface area contributed by atoms with E-state index in [0.29, 0.717) is 24.8 Å². The van der Waals surface area contributed by atoms with Crippen LogP contribution in [0.5, 0.6) is 11.5 Å². The van der Waals surface area contributed by atoms with Gasteiger partial charge in [-0.3, -0.25) is 0 Å². The molecule has 1 aliphatic heterocycles. The number of aromatic amines is 1. The second-order valence-electron chi connectivity index (χ2n) is 4.43. The van der Waals surface area contributed by atoms with Crippen molar-refractivity contribution in [1.82, 2.24) is 15.1 Å². The van der Waals surface area contributed by atoms with Gasteiger partial charge in [-0.2, -0.15) is 0 Å². The van der Waals surface area contributed by atoms with Crippen molar-refractivity contribution < 1.29 is 14.0 Å². The molecule has 2 aromatic heterocycles. The summed E-state index contributed by atoms with van der Waals surface area (Å²) in [5, 5.41) is 3.86. The Labute approximate surface area is 108 Å². The molecule has 0 saturated heterocycles. The Balaban J connectivity index is 1.87. The van der Waals surface area contributed by atoms with Crippen molar-refractivity contribution in [2.45, 2.75) is 6.92 Å². The first-order chi connectivity index (χ1) is 9.29. The van der Waals surface area contributed by atoms with E-state index in [1.165, 1.54) is 0 Å². The summed E-state index contributed by atoms with van der Waals surface area (Å²) in [5.74, 6) is 2.74. The van der Waals surface area contributed by atoms with E-state index in [9.17, 15) is 0 Å². The first-order valence-corrected chi connectivity index (χ1v) is 6.03. The van der Waals surface area contributed by atoms with E-state index in [-0.39, 0.29) is 0 Å². The van der Waals surface area contributed by atoms with Crippen LogP contribution >= 0.6 is 0 Å². The number of fused-ring (bicyclic) bond motifs is 2. The number of hydrogen-bond acceptors (Lipinski definition) is 5. The fourth-order valence-corrected chi connectivity index (χ4v) is 2.14. The van der Waals surface area contributed by atoms with Gasteiger partial charge >= 0.3 is 0 Å². The van der Waals surface area contributed by atoms with Gasteiger partial charge in [0.1, 0.15) is 13.2 Å².